The third-order valence-electron chi connectivity index (χ3n) is 4.60. The van der Waals surface area contributed by atoms with Crippen molar-refractivity contribution in [3.8, 4) is 0 Å². The van der Waals surface area contributed by atoms with Crippen LogP contribution in [0.25, 0.3) is 0 Å². The highest BCUT2D eigenvalue weighted by Crippen LogP contribution is 2.24. The van der Waals surface area contributed by atoms with E-state index in [-0.39, 0.29) is 12.6 Å². The molecule has 1 aliphatic heterocycles. The molecular weight excluding hydrogens is 403 g/mol. The highest BCUT2D eigenvalue weighted by atomic mass is 32.1. The van der Waals surface area contributed by atoms with Crippen molar-refractivity contribution in [3.05, 3.63) is 47.1 Å². The molecule has 0 spiro atoms. The maximum Gasteiger partial charge on any atom is 0.243 e. The van der Waals surface area contributed by atoms with Gasteiger partial charge in [0.15, 0.2) is 23.4 Å². The molecule has 3 rings (SSSR count). The summed E-state index contributed by atoms with van der Waals surface area (Å²) < 4.78 is 39.8. The van der Waals surface area contributed by atoms with Crippen LogP contribution in [0.2, 0.25) is 0 Å². The van der Waals surface area contributed by atoms with Gasteiger partial charge in [0, 0.05) is 26.2 Å². The van der Waals surface area contributed by atoms with Gasteiger partial charge in [-0.15, -0.1) is 11.3 Å². The van der Waals surface area contributed by atoms with Gasteiger partial charge >= 0.3 is 0 Å². The lowest BCUT2D eigenvalue weighted by Crippen LogP contribution is -2.49. The molecular formula is C19H22F3N5OS. The van der Waals surface area contributed by atoms with Crippen LogP contribution in [0, 0.1) is 17.5 Å². The van der Waals surface area contributed by atoms with Crippen LogP contribution >= 0.6 is 11.3 Å². The lowest BCUT2D eigenvalue weighted by molar-refractivity contribution is -0.115. The Balaban J connectivity index is 1.45. The van der Waals surface area contributed by atoms with Gasteiger partial charge in [0.25, 0.3) is 0 Å². The SMILES string of the molecule is CN=C(NCC(=O)Nc1ccc(F)c(F)c1F)NC1CCN(c2cccs2)CC1. The van der Waals surface area contributed by atoms with Crippen LogP contribution in [0.1, 0.15) is 12.8 Å². The zero-order chi connectivity index (χ0) is 20.8. The van der Waals surface area contributed by atoms with Gasteiger partial charge in [-0.1, -0.05) is 0 Å². The number of amides is 1. The molecule has 3 N–H and O–H groups in total. The summed E-state index contributed by atoms with van der Waals surface area (Å²) in [4.78, 5) is 18.4. The number of carbonyl (C=O) groups is 1. The van der Waals surface area contributed by atoms with Gasteiger partial charge in [-0.2, -0.15) is 0 Å². The Morgan fingerprint density at radius 2 is 1.97 bits per heavy atom. The molecule has 1 fully saturated rings. The number of carbonyl (C=O) groups excluding carboxylic acids is 1. The molecule has 0 unspecified atom stereocenters. The van der Waals surface area contributed by atoms with Gasteiger partial charge in [-0.05, 0) is 42.5 Å². The molecule has 2 heterocycles. The second kappa shape index (κ2) is 9.64. The van der Waals surface area contributed by atoms with Crippen molar-refractivity contribution in [2.24, 2.45) is 4.99 Å². The first-order valence-electron chi connectivity index (χ1n) is 9.17. The molecule has 10 heteroatoms. The van der Waals surface area contributed by atoms with E-state index in [1.54, 1.807) is 18.4 Å². The van der Waals surface area contributed by atoms with Gasteiger partial charge < -0.3 is 20.9 Å². The summed E-state index contributed by atoms with van der Waals surface area (Å²) in [5.74, 6) is -4.53. The minimum atomic E-state index is -1.62. The highest BCUT2D eigenvalue weighted by molar-refractivity contribution is 7.14. The van der Waals surface area contributed by atoms with Crippen LogP contribution in [0.4, 0.5) is 23.9 Å². The number of anilines is 2. The molecule has 29 heavy (non-hydrogen) atoms. The van der Waals surface area contributed by atoms with Crippen LogP contribution in [0.15, 0.2) is 34.6 Å². The molecule has 1 aromatic heterocycles. The Morgan fingerprint density at radius 1 is 1.21 bits per heavy atom. The molecule has 1 aromatic carbocycles. The number of benzene rings is 1. The molecule has 156 valence electrons. The number of guanidine groups is 1. The Morgan fingerprint density at radius 3 is 2.62 bits per heavy atom. The summed E-state index contributed by atoms with van der Waals surface area (Å²) in [6.45, 7) is 1.64. The van der Waals surface area contributed by atoms with Crippen molar-refractivity contribution in [3.63, 3.8) is 0 Å². The number of hydrogen-bond acceptors (Lipinski definition) is 4. The van der Waals surface area contributed by atoms with Crippen molar-refractivity contribution in [2.45, 2.75) is 18.9 Å². The molecule has 0 radical (unpaired) electrons. The molecule has 1 aliphatic rings. The van der Waals surface area contributed by atoms with E-state index < -0.39 is 29.0 Å². The number of piperidine rings is 1. The number of aliphatic imine (C=N–C) groups is 1. The first kappa shape index (κ1) is 21.0. The van der Waals surface area contributed by atoms with Crippen molar-refractivity contribution in [1.82, 2.24) is 10.6 Å². The Bertz CT molecular complexity index is 867. The monoisotopic (exact) mass is 425 g/mol. The second-order valence-electron chi connectivity index (χ2n) is 6.55. The fourth-order valence-electron chi connectivity index (χ4n) is 3.06. The van der Waals surface area contributed by atoms with Crippen LogP contribution in [0.3, 0.4) is 0 Å². The molecule has 1 saturated heterocycles. The van der Waals surface area contributed by atoms with E-state index in [2.05, 4.69) is 37.3 Å². The van der Waals surface area contributed by atoms with Crippen molar-refractivity contribution in [1.29, 1.82) is 0 Å². The Hall–Kier alpha value is -2.75. The summed E-state index contributed by atoms with van der Waals surface area (Å²) >= 11 is 1.72. The number of hydrogen-bond donors (Lipinski definition) is 3. The molecule has 1 amide bonds. The standard InChI is InChI=1S/C19H22F3N5OS/c1-23-19(25-12-6-8-27(9-7-12)16-3-2-10-29-16)24-11-15(28)26-14-5-4-13(20)17(21)18(14)22/h2-5,10,12H,6-9,11H2,1H3,(H,26,28)(H2,23,24,25). The quantitative estimate of drug-likeness (QED) is 0.392. The van der Waals surface area contributed by atoms with E-state index in [0.29, 0.717) is 5.96 Å². The first-order valence-corrected chi connectivity index (χ1v) is 10.0. The van der Waals surface area contributed by atoms with Gasteiger partial charge in [0.05, 0.1) is 17.2 Å². The third-order valence-corrected chi connectivity index (χ3v) is 5.53. The van der Waals surface area contributed by atoms with E-state index >= 15 is 0 Å². The van der Waals surface area contributed by atoms with Crippen LogP contribution in [-0.2, 0) is 4.79 Å². The largest absolute Gasteiger partial charge is 0.363 e. The zero-order valence-corrected chi connectivity index (χ0v) is 16.7. The number of thiophene rings is 1. The van der Waals surface area contributed by atoms with Crippen molar-refractivity contribution < 1.29 is 18.0 Å². The van der Waals surface area contributed by atoms with Crippen LogP contribution < -0.4 is 20.9 Å². The number of halogens is 3. The second-order valence-corrected chi connectivity index (χ2v) is 7.48. The topological polar surface area (TPSA) is 68.8 Å². The average Bonchev–Trinajstić information content (AvgIpc) is 3.27. The summed E-state index contributed by atoms with van der Waals surface area (Å²) in [5.41, 5.74) is -0.417. The van der Waals surface area contributed by atoms with E-state index in [0.717, 1.165) is 38.1 Å². The first-order chi connectivity index (χ1) is 14.0. The predicted molar refractivity (Wildman–Crippen MR) is 109 cm³/mol. The normalized spacial score (nSPS) is 15.3. The van der Waals surface area contributed by atoms with E-state index in [9.17, 15) is 18.0 Å². The van der Waals surface area contributed by atoms with Crippen molar-refractivity contribution in [2.75, 3.05) is 36.9 Å². The molecule has 6 nitrogen and oxygen atoms in total. The highest BCUT2D eigenvalue weighted by Gasteiger charge is 2.21. The Kier molecular flexibility index (Phi) is 6.97. The Labute approximate surface area is 170 Å². The molecule has 2 aromatic rings. The third kappa shape index (κ3) is 5.41. The maximum atomic E-state index is 13.6. The fraction of sp³-hybridized carbons (Fsp3) is 0.368. The number of rotatable bonds is 5. The average molecular weight is 425 g/mol. The molecule has 0 aliphatic carbocycles. The lowest BCUT2D eigenvalue weighted by atomic mass is 10.1. The van der Waals surface area contributed by atoms with Gasteiger partial charge in [-0.25, -0.2) is 13.2 Å². The molecule has 0 bridgehead atoms. The van der Waals surface area contributed by atoms with Gasteiger partial charge in [0.2, 0.25) is 5.91 Å². The lowest BCUT2D eigenvalue weighted by Gasteiger charge is -2.33. The van der Waals surface area contributed by atoms with E-state index in [4.69, 9.17) is 0 Å². The predicted octanol–water partition coefficient (Wildman–Crippen LogP) is 2.94. The summed E-state index contributed by atoms with van der Waals surface area (Å²) in [6, 6.07) is 6.08. The zero-order valence-electron chi connectivity index (χ0n) is 15.8. The van der Waals surface area contributed by atoms with Crippen molar-refractivity contribution >= 4 is 33.9 Å². The molecule has 0 saturated carbocycles. The minimum absolute atomic E-state index is 0.202. The summed E-state index contributed by atoms with van der Waals surface area (Å²) in [6.07, 6.45) is 1.84. The van der Waals surface area contributed by atoms with E-state index in [1.807, 2.05) is 6.07 Å². The van der Waals surface area contributed by atoms with E-state index in [1.165, 1.54) is 5.00 Å². The maximum absolute atomic E-state index is 13.6. The summed E-state index contributed by atoms with van der Waals surface area (Å²) in [5, 5.41) is 11.6. The van der Waals surface area contributed by atoms with Gasteiger partial charge in [0.1, 0.15) is 0 Å². The smallest absolute Gasteiger partial charge is 0.243 e. The van der Waals surface area contributed by atoms with Crippen LogP contribution in [-0.4, -0.2) is 44.6 Å². The fourth-order valence-corrected chi connectivity index (χ4v) is 3.85. The number of nitrogens with zero attached hydrogens (tertiary/aromatic N) is 2. The number of nitrogens with one attached hydrogen (secondary N) is 3. The van der Waals surface area contributed by atoms with Crippen LogP contribution in [0.5, 0.6) is 0 Å². The minimum Gasteiger partial charge on any atom is -0.363 e. The summed E-state index contributed by atoms with van der Waals surface area (Å²) in [7, 11) is 1.59. The molecule has 0 atom stereocenters. The van der Waals surface area contributed by atoms with Gasteiger partial charge in [-0.3, -0.25) is 9.79 Å².